The van der Waals surface area contributed by atoms with Gasteiger partial charge in [-0.25, -0.2) is 14.1 Å². The lowest BCUT2D eigenvalue weighted by molar-refractivity contribution is -0.127. The first-order chi connectivity index (χ1) is 14.5. The summed E-state index contributed by atoms with van der Waals surface area (Å²) in [6, 6.07) is 12.7. The van der Waals surface area contributed by atoms with Gasteiger partial charge in [0.25, 0.3) is 5.91 Å². The molecule has 1 aromatic heterocycles. The van der Waals surface area contributed by atoms with Crippen LogP contribution in [0.5, 0.6) is 0 Å². The molecular formula is C22H19FN4O3. The van der Waals surface area contributed by atoms with Crippen LogP contribution in [0.3, 0.4) is 0 Å². The van der Waals surface area contributed by atoms with Gasteiger partial charge in [-0.3, -0.25) is 9.59 Å². The topological polar surface area (TPSA) is 83.4 Å². The maximum atomic E-state index is 13.7. The number of hydrogen-bond donors (Lipinski definition) is 2. The first-order valence-electron chi connectivity index (χ1n) is 9.44. The lowest BCUT2D eigenvalue weighted by atomic mass is 10.1. The SMILES string of the molecule is CCn1cc(/C=C2/NC(=O)N(CC(=O)Nc3ccccc3F)C2=O)c2ccccc21. The van der Waals surface area contributed by atoms with E-state index >= 15 is 0 Å². The van der Waals surface area contributed by atoms with Crippen molar-refractivity contribution in [3.63, 3.8) is 0 Å². The van der Waals surface area contributed by atoms with Gasteiger partial charge in [-0.05, 0) is 31.2 Å². The van der Waals surface area contributed by atoms with E-state index in [9.17, 15) is 18.8 Å². The zero-order valence-electron chi connectivity index (χ0n) is 16.2. The van der Waals surface area contributed by atoms with Crippen LogP contribution < -0.4 is 10.6 Å². The standard InChI is InChI=1S/C22H19FN4O3/c1-2-26-12-14(15-7-3-6-10-19(15)26)11-18-21(29)27(22(30)25-18)13-20(28)24-17-9-5-4-8-16(17)23/h3-12H,2,13H2,1H3,(H,24,28)(H,25,30)/b18-11+. The molecule has 152 valence electrons. The van der Waals surface area contributed by atoms with Gasteiger partial charge in [0.2, 0.25) is 5.91 Å². The number of imide groups is 1. The maximum absolute atomic E-state index is 13.7. The summed E-state index contributed by atoms with van der Waals surface area (Å²) in [5, 5.41) is 5.83. The smallest absolute Gasteiger partial charge is 0.329 e. The molecule has 7 nitrogen and oxygen atoms in total. The Morgan fingerprint density at radius 1 is 1.13 bits per heavy atom. The van der Waals surface area contributed by atoms with E-state index in [1.165, 1.54) is 18.2 Å². The summed E-state index contributed by atoms with van der Waals surface area (Å²) in [5.41, 5.74) is 1.87. The molecule has 0 saturated carbocycles. The van der Waals surface area contributed by atoms with Crippen molar-refractivity contribution in [2.24, 2.45) is 0 Å². The van der Waals surface area contributed by atoms with Crippen LogP contribution in [0.25, 0.3) is 17.0 Å². The second-order valence-electron chi connectivity index (χ2n) is 6.80. The third-order valence-electron chi connectivity index (χ3n) is 4.87. The van der Waals surface area contributed by atoms with Gasteiger partial charge in [0.1, 0.15) is 18.1 Å². The fourth-order valence-electron chi connectivity index (χ4n) is 3.42. The van der Waals surface area contributed by atoms with Crippen molar-refractivity contribution < 1.29 is 18.8 Å². The maximum Gasteiger partial charge on any atom is 0.329 e. The fraction of sp³-hybridized carbons (Fsp3) is 0.136. The van der Waals surface area contributed by atoms with Crippen LogP contribution in [0.2, 0.25) is 0 Å². The Labute approximate surface area is 171 Å². The molecule has 4 amide bonds. The average Bonchev–Trinajstić information content (AvgIpc) is 3.22. The molecule has 1 aliphatic heterocycles. The highest BCUT2D eigenvalue weighted by atomic mass is 19.1. The number of aryl methyl sites for hydroxylation is 1. The first kappa shape index (κ1) is 19.4. The van der Waals surface area contributed by atoms with Gasteiger partial charge in [-0.15, -0.1) is 0 Å². The lowest BCUT2D eigenvalue weighted by Gasteiger charge is -2.12. The van der Waals surface area contributed by atoms with Crippen molar-refractivity contribution in [3.05, 3.63) is 71.8 Å². The number of carbonyl (C=O) groups is 3. The molecule has 3 aromatic rings. The summed E-state index contributed by atoms with van der Waals surface area (Å²) in [4.78, 5) is 38.0. The molecular weight excluding hydrogens is 387 g/mol. The van der Waals surface area contributed by atoms with E-state index in [2.05, 4.69) is 10.6 Å². The van der Waals surface area contributed by atoms with Crippen LogP contribution in [0.15, 0.2) is 60.4 Å². The Balaban J connectivity index is 1.54. The van der Waals surface area contributed by atoms with Gasteiger partial charge >= 0.3 is 6.03 Å². The van der Waals surface area contributed by atoms with Crippen LogP contribution in [-0.2, 0) is 16.1 Å². The average molecular weight is 406 g/mol. The molecule has 0 radical (unpaired) electrons. The number of benzene rings is 2. The van der Waals surface area contributed by atoms with E-state index in [0.29, 0.717) is 0 Å². The number of nitrogens with one attached hydrogen (secondary N) is 2. The van der Waals surface area contributed by atoms with Crippen molar-refractivity contribution in [2.45, 2.75) is 13.5 Å². The minimum atomic E-state index is -0.700. The highest BCUT2D eigenvalue weighted by Crippen LogP contribution is 2.24. The zero-order chi connectivity index (χ0) is 21.3. The minimum Gasteiger partial charge on any atom is -0.347 e. The summed E-state index contributed by atoms with van der Waals surface area (Å²) >= 11 is 0. The summed E-state index contributed by atoms with van der Waals surface area (Å²) in [6.07, 6.45) is 3.51. The van der Waals surface area contributed by atoms with E-state index in [1.807, 2.05) is 42.0 Å². The Morgan fingerprint density at radius 3 is 2.63 bits per heavy atom. The molecule has 0 bridgehead atoms. The molecule has 1 saturated heterocycles. The van der Waals surface area contributed by atoms with E-state index in [4.69, 9.17) is 0 Å². The molecule has 0 aliphatic carbocycles. The molecule has 30 heavy (non-hydrogen) atoms. The van der Waals surface area contributed by atoms with Crippen LogP contribution in [0.1, 0.15) is 12.5 Å². The number of aromatic nitrogens is 1. The fourth-order valence-corrected chi connectivity index (χ4v) is 3.42. The van der Waals surface area contributed by atoms with Crippen molar-refractivity contribution in [2.75, 3.05) is 11.9 Å². The number of para-hydroxylation sites is 2. The van der Waals surface area contributed by atoms with Gasteiger partial charge in [0.15, 0.2) is 0 Å². The summed E-state index contributed by atoms with van der Waals surface area (Å²) in [5.74, 6) is -1.89. The van der Waals surface area contributed by atoms with Crippen LogP contribution in [0, 0.1) is 5.82 Å². The second kappa shape index (κ2) is 7.82. The number of amides is 4. The third kappa shape index (κ3) is 3.55. The van der Waals surface area contributed by atoms with Crippen LogP contribution in [-0.4, -0.2) is 33.9 Å². The van der Waals surface area contributed by atoms with Crippen molar-refractivity contribution in [3.8, 4) is 0 Å². The lowest BCUT2D eigenvalue weighted by Crippen LogP contribution is -2.38. The highest BCUT2D eigenvalue weighted by Gasteiger charge is 2.35. The number of carbonyl (C=O) groups excluding carboxylic acids is 3. The minimum absolute atomic E-state index is 0.0160. The largest absolute Gasteiger partial charge is 0.347 e. The zero-order valence-corrected chi connectivity index (χ0v) is 16.2. The Kier molecular flexibility index (Phi) is 5.05. The van der Waals surface area contributed by atoms with Crippen molar-refractivity contribution >= 4 is 40.5 Å². The number of anilines is 1. The van der Waals surface area contributed by atoms with Gasteiger partial charge in [-0.2, -0.15) is 0 Å². The highest BCUT2D eigenvalue weighted by molar-refractivity contribution is 6.16. The molecule has 1 fully saturated rings. The van der Waals surface area contributed by atoms with Crippen LogP contribution >= 0.6 is 0 Å². The summed E-state index contributed by atoms with van der Waals surface area (Å²) in [6.45, 7) is 2.25. The monoisotopic (exact) mass is 406 g/mol. The van der Waals surface area contributed by atoms with Gasteiger partial charge in [0.05, 0.1) is 5.69 Å². The van der Waals surface area contributed by atoms with E-state index < -0.39 is 30.2 Å². The molecule has 0 unspecified atom stereocenters. The molecule has 8 heteroatoms. The first-order valence-corrected chi connectivity index (χ1v) is 9.44. The summed E-state index contributed by atoms with van der Waals surface area (Å²) in [7, 11) is 0. The van der Waals surface area contributed by atoms with E-state index in [-0.39, 0.29) is 11.4 Å². The van der Waals surface area contributed by atoms with Crippen molar-refractivity contribution in [1.82, 2.24) is 14.8 Å². The number of nitrogens with zero attached hydrogens (tertiary/aromatic N) is 2. The molecule has 2 N–H and O–H groups in total. The third-order valence-corrected chi connectivity index (χ3v) is 4.87. The van der Waals surface area contributed by atoms with Crippen LogP contribution in [0.4, 0.5) is 14.9 Å². The van der Waals surface area contributed by atoms with E-state index in [1.54, 1.807) is 12.1 Å². The number of hydrogen-bond acceptors (Lipinski definition) is 3. The van der Waals surface area contributed by atoms with E-state index in [0.717, 1.165) is 27.9 Å². The van der Waals surface area contributed by atoms with Gasteiger partial charge in [-0.1, -0.05) is 30.3 Å². The van der Waals surface area contributed by atoms with Gasteiger partial charge in [0, 0.05) is 29.2 Å². The van der Waals surface area contributed by atoms with Crippen molar-refractivity contribution in [1.29, 1.82) is 0 Å². The molecule has 0 atom stereocenters. The number of fused-ring (bicyclic) bond motifs is 1. The Morgan fingerprint density at radius 2 is 1.87 bits per heavy atom. The molecule has 2 aromatic carbocycles. The molecule has 4 rings (SSSR count). The second-order valence-corrected chi connectivity index (χ2v) is 6.80. The predicted octanol–water partition coefficient (Wildman–Crippen LogP) is 3.33. The molecule has 2 heterocycles. The Bertz CT molecular complexity index is 1200. The quantitative estimate of drug-likeness (QED) is 0.504. The Hall–Kier alpha value is -3.94. The number of halogens is 1. The summed E-state index contributed by atoms with van der Waals surface area (Å²) < 4.78 is 15.7. The normalized spacial score (nSPS) is 15.1. The predicted molar refractivity (Wildman–Crippen MR) is 111 cm³/mol. The number of rotatable bonds is 5. The van der Waals surface area contributed by atoms with Gasteiger partial charge < -0.3 is 15.2 Å². The molecule has 1 aliphatic rings. The molecule has 0 spiro atoms. The number of urea groups is 1.